The van der Waals surface area contributed by atoms with E-state index in [9.17, 15) is 0 Å². The molecule has 0 bridgehead atoms. The zero-order valence-corrected chi connectivity index (χ0v) is 17.5. The number of benzene rings is 2. The van der Waals surface area contributed by atoms with Crippen molar-refractivity contribution in [2.24, 2.45) is 5.73 Å². The Morgan fingerprint density at radius 2 is 1.73 bits per heavy atom. The molecule has 0 aliphatic rings. The topological polar surface area (TPSA) is 93.5 Å². The molecule has 6 heteroatoms. The van der Waals surface area contributed by atoms with Crippen LogP contribution in [0.5, 0.6) is 0 Å². The van der Waals surface area contributed by atoms with Crippen LogP contribution >= 0.6 is 0 Å². The summed E-state index contributed by atoms with van der Waals surface area (Å²) in [4.78, 5) is 4.78. The van der Waals surface area contributed by atoms with Gasteiger partial charge in [-0.05, 0) is 35.6 Å². The Bertz CT molecular complexity index is 1100. The van der Waals surface area contributed by atoms with E-state index in [1.54, 1.807) is 6.20 Å². The van der Waals surface area contributed by atoms with Gasteiger partial charge in [0.25, 0.3) is 0 Å². The second kappa shape index (κ2) is 10.3. The van der Waals surface area contributed by atoms with Gasteiger partial charge in [-0.1, -0.05) is 61.9 Å². The Morgan fingerprint density at radius 3 is 2.43 bits per heavy atom. The molecule has 0 fully saturated rings. The number of aryl methyl sites for hydroxylation is 2. The smallest absolute Gasteiger partial charge is 0.111 e. The summed E-state index contributed by atoms with van der Waals surface area (Å²) in [7, 11) is 0. The van der Waals surface area contributed by atoms with Gasteiger partial charge in [-0.25, -0.2) is 4.98 Å². The number of imidazole rings is 1. The Hall–Kier alpha value is -3.54. The summed E-state index contributed by atoms with van der Waals surface area (Å²) in [5.41, 5.74) is 11.5. The number of nitrogens with two attached hydrogens (primary N) is 1. The molecule has 0 amide bonds. The molecule has 0 spiro atoms. The van der Waals surface area contributed by atoms with E-state index in [1.807, 2.05) is 6.20 Å². The minimum atomic E-state index is 0.750. The van der Waals surface area contributed by atoms with Crippen LogP contribution in [0.3, 0.4) is 0 Å². The highest BCUT2D eigenvalue weighted by atomic mass is 15.1. The van der Waals surface area contributed by atoms with E-state index in [-0.39, 0.29) is 0 Å². The summed E-state index contributed by atoms with van der Waals surface area (Å²) in [6.45, 7) is 5.16. The van der Waals surface area contributed by atoms with Crippen molar-refractivity contribution < 1.29 is 0 Å². The Balaban J connectivity index is 0.000000806. The van der Waals surface area contributed by atoms with E-state index < -0.39 is 0 Å². The van der Waals surface area contributed by atoms with Crippen LogP contribution in [-0.4, -0.2) is 26.1 Å². The molecular weight excluding hydrogens is 372 g/mol. The number of nitrogens with one attached hydrogen (secondary N) is 1. The number of hydrogen-bond acceptors (Lipinski definition) is 4. The third-order valence-corrected chi connectivity index (χ3v) is 5.05. The van der Waals surface area contributed by atoms with Crippen molar-refractivity contribution >= 4 is 17.4 Å². The van der Waals surface area contributed by atoms with E-state index >= 15 is 0 Å². The fourth-order valence-electron chi connectivity index (χ4n) is 3.51. The van der Waals surface area contributed by atoms with Gasteiger partial charge in [0.15, 0.2) is 0 Å². The van der Waals surface area contributed by atoms with Crippen LogP contribution in [0.1, 0.15) is 36.7 Å². The predicted octanol–water partition coefficient (Wildman–Crippen LogP) is 4.74. The van der Waals surface area contributed by atoms with Crippen LogP contribution in [0, 0.1) is 12.3 Å². The van der Waals surface area contributed by atoms with E-state index in [0.29, 0.717) is 0 Å². The van der Waals surface area contributed by atoms with Crippen molar-refractivity contribution in [1.82, 2.24) is 19.7 Å². The largest absolute Gasteiger partial charge is 0.390 e. The number of rotatable bonds is 6. The molecule has 2 heterocycles. The summed E-state index contributed by atoms with van der Waals surface area (Å²) in [5, 5.41) is 13.9. The van der Waals surface area contributed by atoms with Crippen LogP contribution in [0.25, 0.3) is 22.2 Å². The molecule has 30 heavy (non-hydrogen) atoms. The van der Waals surface area contributed by atoms with Crippen molar-refractivity contribution in [3.63, 3.8) is 0 Å². The lowest BCUT2D eigenvalue weighted by molar-refractivity contribution is 0.689. The van der Waals surface area contributed by atoms with E-state index in [0.717, 1.165) is 49.0 Å². The molecule has 0 aliphatic carbocycles. The second-order valence-corrected chi connectivity index (χ2v) is 7.16. The summed E-state index contributed by atoms with van der Waals surface area (Å²) in [5.74, 6) is 1.12. The highest BCUT2D eigenvalue weighted by Gasteiger charge is 2.11. The highest BCUT2D eigenvalue weighted by molar-refractivity contribution is 5.74. The van der Waals surface area contributed by atoms with Gasteiger partial charge in [-0.15, -0.1) is 0 Å². The molecule has 0 aliphatic heterocycles. The van der Waals surface area contributed by atoms with Crippen molar-refractivity contribution in [1.29, 1.82) is 5.41 Å². The summed E-state index contributed by atoms with van der Waals surface area (Å²) < 4.78 is 2.28. The SMILES string of the molecule is CCCCc1nc2cnncc2n1Cc1ccc(-c2ccccc2C)cc1.N=CN. The summed E-state index contributed by atoms with van der Waals surface area (Å²) in [6.07, 6.45) is 7.59. The van der Waals surface area contributed by atoms with Crippen molar-refractivity contribution in [2.45, 2.75) is 39.7 Å². The molecule has 0 atom stereocenters. The molecule has 4 aromatic rings. The molecule has 6 nitrogen and oxygen atoms in total. The minimum absolute atomic E-state index is 0.750. The first kappa shape index (κ1) is 21.2. The van der Waals surface area contributed by atoms with Gasteiger partial charge < -0.3 is 10.3 Å². The number of hydrogen-bond donors (Lipinski definition) is 2. The van der Waals surface area contributed by atoms with Crippen LogP contribution in [0.15, 0.2) is 60.9 Å². The molecule has 0 saturated carbocycles. The molecule has 2 aromatic carbocycles. The molecular formula is C24H28N6. The lowest BCUT2D eigenvalue weighted by Crippen LogP contribution is -2.05. The van der Waals surface area contributed by atoms with Crippen LogP contribution < -0.4 is 5.73 Å². The molecule has 4 rings (SSSR count). The molecule has 0 unspecified atom stereocenters. The first-order valence-electron chi connectivity index (χ1n) is 10.2. The quantitative estimate of drug-likeness (QED) is 0.361. The molecule has 154 valence electrons. The van der Waals surface area contributed by atoms with Crippen molar-refractivity contribution in [2.75, 3.05) is 0 Å². The van der Waals surface area contributed by atoms with Gasteiger partial charge >= 0.3 is 0 Å². The zero-order valence-electron chi connectivity index (χ0n) is 17.5. The van der Waals surface area contributed by atoms with Crippen molar-refractivity contribution in [3.8, 4) is 11.1 Å². The zero-order chi connectivity index (χ0) is 21.3. The summed E-state index contributed by atoms with van der Waals surface area (Å²) >= 11 is 0. The maximum atomic E-state index is 5.86. The lowest BCUT2D eigenvalue weighted by atomic mass is 9.99. The van der Waals surface area contributed by atoms with Gasteiger partial charge in [-0.3, -0.25) is 5.41 Å². The Labute approximate surface area is 177 Å². The number of fused-ring (bicyclic) bond motifs is 1. The molecule has 0 saturated heterocycles. The minimum Gasteiger partial charge on any atom is -0.390 e. The highest BCUT2D eigenvalue weighted by Crippen LogP contribution is 2.24. The third kappa shape index (κ3) is 4.89. The van der Waals surface area contributed by atoms with Crippen LogP contribution in [0.2, 0.25) is 0 Å². The monoisotopic (exact) mass is 400 g/mol. The Morgan fingerprint density at radius 1 is 1.03 bits per heavy atom. The van der Waals surface area contributed by atoms with Gasteiger partial charge in [0.05, 0.1) is 24.2 Å². The van der Waals surface area contributed by atoms with Crippen molar-refractivity contribution in [3.05, 3.63) is 77.9 Å². The molecule has 3 N–H and O–H groups in total. The number of aromatic nitrogens is 4. The summed E-state index contributed by atoms with van der Waals surface area (Å²) in [6, 6.07) is 17.4. The fourth-order valence-corrected chi connectivity index (χ4v) is 3.51. The van der Waals surface area contributed by atoms with Gasteiger partial charge in [0.1, 0.15) is 11.3 Å². The third-order valence-electron chi connectivity index (χ3n) is 5.05. The first-order chi connectivity index (χ1) is 14.7. The maximum Gasteiger partial charge on any atom is 0.111 e. The molecule has 0 radical (unpaired) electrons. The maximum absolute atomic E-state index is 5.86. The second-order valence-electron chi connectivity index (χ2n) is 7.16. The van der Waals surface area contributed by atoms with E-state index in [1.165, 1.54) is 22.3 Å². The first-order valence-corrected chi connectivity index (χ1v) is 10.2. The fraction of sp³-hybridized carbons (Fsp3) is 0.250. The number of nitrogens with zero attached hydrogens (tertiary/aromatic N) is 4. The lowest BCUT2D eigenvalue weighted by Gasteiger charge is -2.11. The molecule has 2 aromatic heterocycles. The Kier molecular flexibility index (Phi) is 7.27. The van der Waals surface area contributed by atoms with Gasteiger partial charge in [0, 0.05) is 13.0 Å². The van der Waals surface area contributed by atoms with Crippen LogP contribution in [-0.2, 0) is 13.0 Å². The predicted molar refractivity (Wildman–Crippen MR) is 123 cm³/mol. The van der Waals surface area contributed by atoms with Gasteiger partial charge in [-0.2, -0.15) is 10.2 Å². The average Bonchev–Trinajstić information content (AvgIpc) is 3.11. The van der Waals surface area contributed by atoms with E-state index in [2.05, 4.69) is 82.9 Å². The normalized spacial score (nSPS) is 10.5. The van der Waals surface area contributed by atoms with Gasteiger partial charge in [0.2, 0.25) is 0 Å². The van der Waals surface area contributed by atoms with Crippen LogP contribution in [0.4, 0.5) is 0 Å². The average molecular weight is 401 g/mol. The number of unbranched alkanes of at least 4 members (excludes halogenated alkanes) is 1. The van der Waals surface area contributed by atoms with E-state index in [4.69, 9.17) is 10.4 Å². The standard InChI is InChI=1S/C23H24N4.CH4N2/c1-3-4-9-23-26-21-14-24-25-15-22(21)27(23)16-18-10-12-19(13-11-18)20-8-6-5-7-17(20)2;2-1-3/h5-8,10-15H,3-4,9,16H2,1-2H3;1H,(H3,2,3).